The van der Waals surface area contributed by atoms with E-state index >= 15 is 0 Å². The molecule has 13 nitrogen and oxygen atoms in total. The molecule has 1 atom stereocenters. The Labute approximate surface area is 147 Å². The van der Waals surface area contributed by atoms with Gasteiger partial charge < -0.3 is 15.5 Å². The van der Waals surface area contributed by atoms with Gasteiger partial charge in [-0.1, -0.05) is 0 Å². The van der Waals surface area contributed by atoms with E-state index in [2.05, 4.69) is 10.2 Å². The van der Waals surface area contributed by atoms with Crippen LogP contribution >= 0.6 is 0 Å². The molecule has 1 aromatic rings. The van der Waals surface area contributed by atoms with E-state index in [1.54, 1.807) is 0 Å². The lowest BCUT2D eigenvalue weighted by molar-refractivity contribution is -0.404. The molecule has 0 radical (unpaired) electrons. The maximum atomic E-state index is 10.4. The van der Waals surface area contributed by atoms with Crippen molar-refractivity contribution in [3.05, 3.63) is 42.5 Å². The van der Waals surface area contributed by atoms with Gasteiger partial charge in [0.15, 0.2) is 0 Å². The number of rotatable bonds is 5. The van der Waals surface area contributed by atoms with Crippen molar-refractivity contribution in [2.45, 2.75) is 13.0 Å². The van der Waals surface area contributed by atoms with Gasteiger partial charge in [0.05, 0.1) is 33.0 Å². The average molecular weight is 373 g/mol. The van der Waals surface area contributed by atoms with Gasteiger partial charge in [-0.25, -0.2) is 0 Å². The third-order valence-corrected chi connectivity index (χ3v) is 3.39. The molecular weight excluding hydrogens is 354 g/mol. The molecule has 0 amide bonds. The Morgan fingerprint density at radius 1 is 1.08 bits per heavy atom. The number of nitrogens with one attached hydrogen (secondary N) is 1. The Kier molecular flexibility index (Phi) is 7.77. The third kappa shape index (κ3) is 6.19. The maximum Gasteiger partial charge on any atom is 0.324 e. The number of aromatic hydroxyl groups is 1. The summed E-state index contributed by atoms with van der Waals surface area (Å²) in [5, 5.41) is 52.5. The summed E-state index contributed by atoms with van der Waals surface area (Å²) in [7, 11) is 0. The van der Waals surface area contributed by atoms with E-state index in [0.717, 1.165) is 32.7 Å². The Balaban J connectivity index is 0.000000289. The Morgan fingerprint density at radius 2 is 1.54 bits per heavy atom. The molecule has 1 unspecified atom stereocenters. The molecule has 1 aliphatic heterocycles. The van der Waals surface area contributed by atoms with Crippen LogP contribution in [0, 0.1) is 30.3 Å². The van der Waals surface area contributed by atoms with Gasteiger partial charge in [0, 0.05) is 32.7 Å². The quantitative estimate of drug-likeness (QED) is 0.481. The second-order valence-corrected chi connectivity index (χ2v) is 5.50. The number of hydrogen-bond acceptors (Lipinski definition) is 10. The highest BCUT2D eigenvalue weighted by atomic mass is 16.6. The first-order valence-corrected chi connectivity index (χ1v) is 7.54. The fourth-order valence-electron chi connectivity index (χ4n) is 2.24. The van der Waals surface area contributed by atoms with Crippen LogP contribution in [0.4, 0.5) is 17.1 Å². The van der Waals surface area contributed by atoms with Crippen molar-refractivity contribution < 1.29 is 25.0 Å². The summed E-state index contributed by atoms with van der Waals surface area (Å²) in [4.78, 5) is 30.0. The number of piperazine rings is 1. The third-order valence-electron chi connectivity index (χ3n) is 3.39. The Hall–Kier alpha value is -2.90. The predicted molar refractivity (Wildman–Crippen MR) is 89.1 cm³/mol. The number of β-amino-alcohol motifs (C(OH)–C–C–N with tert-alkyl or cyclic N) is 1. The van der Waals surface area contributed by atoms with Crippen molar-refractivity contribution in [1.29, 1.82) is 0 Å². The lowest BCUT2D eigenvalue weighted by Crippen LogP contribution is -2.45. The number of benzene rings is 1. The summed E-state index contributed by atoms with van der Waals surface area (Å²) < 4.78 is 0. The molecule has 2 rings (SSSR count). The number of aliphatic hydroxyl groups excluding tert-OH is 1. The molecule has 0 spiro atoms. The largest absolute Gasteiger partial charge is 0.497 e. The van der Waals surface area contributed by atoms with E-state index in [9.17, 15) is 30.3 Å². The summed E-state index contributed by atoms with van der Waals surface area (Å²) in [5.74, 6) is -1.21. The van der Waals surface area contributed by atoms with Crippen molar-refractivity contribution in [1.82, 2.24) is 10.2 Å². The standard InChI is InChI=1S/C7H16N2O.C6H3N3O7/c1-7(10)6-9-4-2-8-3-5-9;10-6-4(8(13)14)1-3(7(11)12)2-5(6)9(15)16/h7-8,10H,2-6H2,1H3;1-2,10H. The van der Waals surface area contributed by atoms with Crippen LogP contribution < -0.4 is 5.32 Å². The number of nitrogens with zero attached hydrogens (tertiary/aromatic N) is 4. The van der Waals surface area contributed by atoms with Crippen molar-refractivity contribution in [3.63, 3.8) is 0 Å². The first kappa shape index (κ1) is 21.1. The number of aliphatic hydroxyl groups is 1. The lowest BCUT2D eigenvalue weighted by atomic mass is 10.2. The SMILES string of the molecule is CC(O)CN1CCNCC1.O=[N+]([O-])c1cc([N+](=O)[O-])c(O)c([N+](=O)[O-])c1. The van der Waals surface area contributed by atoms with E-state index in [1.807, 2.05) is 6.92 Å². The van der Waals surface area contributed by atoms with E-state index < -0.39 is 37.6 Å². The monoisotopic (exact) mass is 373 g/mol. The highest BCUT2D eigenvalue weighted by Gasteiger charge is 2.30. The zero-order valence-electron chi connectivity index (χ0n) is 13.9. The first-order valence-electron chi connectivity index (χ1n) is 7.54. The first-order chi connectivity index (χ1) is 12.1. The van der Waals surface area contributed by atoms with Gasteiger partial charge in [-0.3, -0.25) is 35.2 Å². The van der Waals surface area contributed by atoms with Crippen LogP contribution in [-0.2, 0) is 0 Å². The molecule has 1 fully saturated rings. The Bertz CT molecular complexity index is 639. The second-order valence-electron chi connectivity index (χ2n) is 5.50. The summed E-state index contributed by atoms with van der Waals surface area (Å²) >= 11 is 0. The second kappa shape index (κ2) is 9.55. The molecule has 0 bridgehead atoms. The number of non-ortho nitro benzene ring substituents is 1. The van der Waals surface area contributed by atoms with Gasteiger partial charge >= 0.3 is 11.4 Å². The van der Waals surface area contributed by atoms with E-state index in [4.69, 9.17) is 10.2 Å². The van der Waals surface area contributed by atoms with Crippen molar-refractivity contribution in [2.75, 3.05) is 32.7 Å². The minimum Gasteiger partial charge on any atom is -0.497 e. The average Bonchev–Trinajstić information content (AvgIpc) is 2.55. The molecule has 0 aliphatic carbocycles. The van der Waals surface area contributed by atoms with Crippen LogP contribution in [0.2, 0.25) is 0 Å². The van der Waals surface area contributed by atoms with Crippen LogP contribution in [0.5, 0.6) is 5.75 Å². The molecule has 144 valence electrons. The van der Waals surface area contributed by atoms with Crippen LogP contribution in [0.15, 0.2) is 12.1 Å². The topological polar surface area (TPSA) is 185 Å². The van der Waals surface area contributed by atoms with Gasteiger partial charge in [-0.15, -0.1) is 0 Å². The van der Waals surface area contributed by atoms with Gasteiger partial charge in [-0.05, 0) is 6.92 Å². The zero-order chi connectivity index (χ0) is 19.9. The highest BCUT2D eigenvalue weighted by molar-refractivity contribution is 5.64. The molecule has 0 saturated carbocycles. The molecule has 13 heteroatoms. The summed E-state index contributed by atoms with van der Waals surface area (Å²) in [6.45, 7) is 6.93. The molecule has 3 N–H and O–H groups in total. The predicted octanol–water partition coefficient (Wildman–Crippen LogP) is 0.389. The van der Waals surface area contributed by atoms with Crippen LogP contribution in [0.3, 0.4) is 0 Å². The van der Waals surface area contributed by atoms with Gasteiger partial charge in [0.2, 0.25) is 0 Å². The molecular formula is C13H19N5O8. The fourth-order valence-corrected chi connectivity index (χ4v) is 2.24. The molecule has 1 aromatic carbocycles. The number of phenols is 1. The molecule has 1 saturated heterocycles. The van der Waals surface area contributed by atoms with E-state index in [0.29, 0.717) is 12.1 Å². The number of nitro groups is 3. The molecule has 0 aromatic heterocycles. The van der Waals surface area contributed by atoms with Gasteiger partial charge in [0.1, 0.15) is 0 Å². The number of phenolic OH excluding ortho intramolecular Hbond substituents is 1. The van der Waals surface area contributed by atoms with E-state index in [-0.39, 0.29) is 6.10 Å². The van der Waals surface area contributed by atoms with Gasteiger partial charge in [-0.2, -0.15) is 0 Å². The van der Waals surface area contributed by atoms with Crippen molar-refractivity contribution >= 4 is 17.1 Å². The number of hydrogen-bond donors (Lipinski definition) is 3. The lowest BCUT2D eigenvalue weighted by Gasteiger charge is -2.27. The normalized spacial score (nSPS) is 15.5. The summed E-state index contributed by atoms with van der Waals surface area (Å²) in [6.07, 6.45) is -0.182. The summed E-state index contributed by atoms with van der Waals surface area (Å²) in [5.41, 5.74) is -3.00. The highest BCUT2D eigenvalue weighted by Crippen LogP contribution is 2.38. The number of nitro benzene ring substituents is 3. The smallest absolute Gasteiger partial charge is 0.324 e. The molecule has 26 heavy (non-hydrogen) atoms. The van der Waals surface area contributed by atoms with Crippen molar-refractivity contribution in [3.8, 4) is 5.75 Å². The minimum atomic E-state index is -1.21. The fraction of sp³-hybridized carbons (Fsp3) is 0.538. The minimum absolute atomic E-state index is 0.182. The zero-order valence-corrected chi connectivity index (χ0v) is 13.9. The summed E-state index contributed by atoms with van der Waals surface area (Å²) in [6, 6.07) is 0.894. The Morgan fingerprint density at radius 3 is 1.88 bits per heavy atom. The molecule has 1 heterocycles. The van der Waals surface area contributed by atoms with Crippen molar-refractivity contribution in [2.24, 2.45) is 0 Å². The maximum absolute atomic E-state index is 10.4. The van der Waals surface area contributed by atoms with E-state index in [1.165, 1.54) is 0 Å². The van der Waals surface area contributed by atoms with Gasteiger partial charge in [0.25, 0.3) is 11.4 Å². The molecule has 1 aliphatic rings. The van der Waals surface area contributed by atoms with Crippen LogP contribution in [-0.4, -0.2) is 68.7 Å². The van der Waals surface area contributed by atoms with Crippen LogP contribution in [0.1, 0.15) is 6.92 Å². The van der Waals surface area contributed by atoms with Crippen LogP contribution in [0.25, 0.3) is 0 Å².